The van der Waals surface area contributed by atoms with Crippen LogP contribution in [0.3, 0.4) is 0 Å². The summed E-state index contributed by atoms with van der Waals surface area (Å²) in [5, 5.41) is 5.19. The van der Waals surface area contributed by atoms with Crippen molar-refractivity contribution in [2.75, 3.05) is 50.5 Å². The number of piperidine rings is 1. The van der Waals surface area contributed by atoms with Gasteiger partial charge in [-0.05, 0) is 50.4 Å². The van der Waals surface area contributed by atoms with Crippen LogP contribution in [-0.2, 0) is 15.1 Å². The first-order chi connectivity index (χ1) is 16.0. The van der Waals surface area contributed by atoms with Crippen LogP contribution in [0.1, 0.15) is 31.2 Å². The minimum Gasteiger partial charge on any atom is -0.354 e. The average molecular weight is 452 g/mol. The maximum atomic E-state index is 10.9. The topological polar surface area (TPSA) is 93.7 Å². The predicted molar refractivity (Wildman–Crippen MR) is 128 cm³/mol. The van der Waals surface area contributed by atoms with Gasteiger partial charge in [0.25, 0.3) is 0 Å². The van der Waals surface area contributed by atoms with Gasteiger partial charge in [0.2, 0.25) is 0 Å². The Morgan fingerprint density at radius 3 is 2.58 bits per heavy atom. The molecule has 2 aromatic rings. The predicted octanol–water partition coefficient (Wildman–Crippen LogP) is 1.94. The van der Waals surface area contributed by atoms with E-state index in [1.807, 2.05) is 19.1 Å². The molecule has 1 aromatic heterocycles. The molecule has 1 aromatic carbocycles. The SMILES string of the molecule is CN(CC=O)N[C@@H]1CCCN(c2cncc(Nc3ccc(C4(N(C)CC=O)CC4)cc3)n2)C1. The summed E-state index contributed by atoms with van der Waals surface area (Å²) in [4.78, 5) is 35.2. The molecule has 0 amide bonds. The normalized spacial score (nSPS) is 19.5. The van der Waals surface area contributed by atoms with E-state index in [1.165, 1.54) is 5.56 Å². The van der Waals surface area contributed by atoms with Crippen molar-refractivity contribution in [1.29, 1.82) is 0 Å². The summed E-state index contributed by atoms with van der Waals surface area (Å²) in [5.74, 6) is 1.54. The Morgan fingerprint density at radius 1 is 1.12 bits per heavy atom. The van der Waals surface area contributed by atoms with Crippen LogP contribution in [0.25, 0.3) is 0 Å². The number of aromatic nitrogens is 2. The molecule has 4 rings (SSSR count). The molecule has 2 fully saturated rings. The second-order valence-corrected chi connectivity index (χ2v) is 9.01. The van der Waals surface area contributed by atoms with Gasteiger partial charge in [-0.1, -0.05) is 12.1 Å². The van der Waals surface area contributed by atoms with E-state index in [1.54, 1.807) is 12.4 Å². The van der Waals surface area contributed by atoms with Crippen molar-refractivity contribution < 1.29 is 9.59 Å². The molecular formula is C24H33N7O2. The fraction of sp³-hybridized carbons (Fsp3) is 0.500. The molecule has 9 nitrogen and oxygen atoms in total. The monoisotopic (exact) mass is 451 g/mol. The molecule has 2 N–H and O–H groups in total. The second kappa shape index (κ2) is 10.4. The third kappa shape index (κ3) is 5.55. The molecule has 176 valence electrons. The number of nitrogens with zero attached hydrogens (tertiary/aromatic N) is 5. The molecule has 2 heterocycles. The quantitative estimate of drug-likeness (QED) is 0.393. The summed E-state index contributed by atoms with van der Waals surface area (Å²) in [7, 11) is 3.89. The van der Waals surface area contributed by atoms with Crippen LogP contribution in [-0.4, -0.2) is 78.8 Å². The van der Waals surface area contributed by atoms with Crippen LogP contribution in [0.15, 0.2) is 36.7 Å². The fourth-order valence-electron chi connectivity index (χ4n) is 4.64. The largest absolute Gasteiger partial charge is 0.354 e. The molecule has 1 saturated heterocycles. The van der Waals surface area contributed by atoms with Crippen LogP contribution in [0.2, 0.25) is 0 Å². The zero-order chi connectivity index (χ0) is 23.3. The van der Waals surface area contributed by atoms with Crippen molar-refractivity contribution in [3.8, 4) is 0 Å². The van der Waals surface area contributed by atoms with Gasteiger partial charge in [0.15, 0.2) is 5.82 Å². The Kier molecular flexibility index (Phi) is 7.32. The van der Waals surface area contributed by atoms with Crippen LogP contribution in [0, 0.1) is 0 Å². The molecule has 2 aliphatic rings. The number of hydrogen-bond donors (Lipinski definition) is 2. The fourth-order valence-corrected chi connectivity index (χ4v) is 4.64. The van der Waals surface area contributed by atoms with Crippen LogP contribution >= 0.6 is 0 Å². The zero-order valence-electron chi connectivity index (χ0n) is 19.4. The lowest BCUT2D eigenvalue weighted by molar-refractivity contribution is -0.110. The minimum atomic E-state index is -0.00219. The number of carbonyl (C=O) groups is 2. The van der Waals surface area contributed by atoms with E-state index in [0.717, 1.165) is 62.9 Å². The highest BCUT2D eigenvalue weighted by molar-refractivity contribution is 5.58. The molecule has 0 spiro atoms. The number of carbonyl (C=O) groups excluding carboxylic acids is 2. The van der Waals surface area contributed by atoms with Crippen molar-refractivity contribution >= 4 is 29.9 Å². The summed E-state index contributed by atoms with van der Waals surface area (Å²) in [5.41, 5.74) is 5.57. The van der Waals surface area contributed by atoms with E-state index in [2.05, 4.69) is 49.8 Å². The van der Waals surface area contributed by atoms with Gasteiger partial charge in [0.1, 0.15) is 18.4 Å². The van der Waals surface area contributed by atoms with E-state index in [4.69, 9.17) is 4.98 Å². The molecular weight excluding hydrogens is 418 g/mol. The molecule has 33 heavy (non-hydrogen) atoms. The van der Waals surface area contributed by atoms with Crippen LogP contribution in [0.4, 0.5) is 17.3 Å². The number of benzene rings is 1. The summed E-state index contributed by atoms with van der Waals surface area (Å²) in [6, 6.07) is 8.64. The maximum Gasteiger partial charge on any atom is 0.151 e. The molecule has 9 heteroatoms. The van der Waals surface area contributed by atoms with Crippen molar-refractivity contribution in [2.24, 2.45) is 0 Å². The van der Waals surface area contributed by atoms with Gasteiger partial charge in [-0.3, -0.25) is 15.3 Å². The highest BCUT2D eigenvalue weighted by Crippen LogP contribution is 2.50. The summed E-state index contributed by atoms with van der Waals surface area (Å²) < 4.78 is 0. The Labute approximate surface area is 195 Å². The molecule has 0 radical (unpaired) electrons. The summed E-state index contributed by atoms with van der Waals surface area (Å²) >= 11 is 0. The molecule has 1 atom stereocenters. The maximum absolute atomic E-state index is 10.9. The van der Waals surface area contributed by atoms with Crippen LogP contribution < -0.4 is 15.6 Å². The highest BCUT2D eigenvalue weighted by atomic mass is 16.1. The highest BCUT2D eigenvalue weighted by Gasteiger charge is 2.47. The van der Waals surface area contributed by atoms with E-state index in [-0.39, 0.29) is 11.6 Å². The van der Waals surface area contributed by atoms with E-state index >= 15 is 0 Å². The van der Waals surface area contributed by atoms with Gasteiger partial charge < -0.3 is 19.8 Å². The van der Waals surface area contributed by atoms with Crippen molar-refractivity contribution in [2.45, 2.75) is 37.3 Å². The molecule has 1 aliphatic heterocycles. The standard InChI is InChI=1S/C24H33N7O2/c1-29(12-14-32)24(9-10-24)19-5-7-20(8-6-19)26-22-16-25-17-23(27-22)31-11-3-4-21(18-31)28-30(2)13-15-33/h5-8,14-17,21,28H,3-4,9-13,18H2,1-2H3,(H,26,27)/t21-/m1/s1. The van der Waals surface area contributed by atoms with E-state index in [0.29, 0.717) is 18.9 Å². The number of hydrazine groups is 1. The van der Waals surface area contributed by atoms with Gasteiger partial charge >= 0.3 is 0 Å². The van der Waals surface area contributed by atoms with Gasteiger partial charge in [-0.25, -0.2) is 9.99 Å². The van der Waals surface area contributed by atoms with Crippen LogP contribution in [0.5, 0.6) is 0 Å². The van der Waals surface area contributed by atoms with Crippen molar-refractivity contribution in [3.05, 3.63) is 42.2 Å². The van der Waals surface area contributed by atoms with E-state index < -0.39 is 0 Å². The van der Waals surface area contributed by atoms with Gasteiger partial charge in [0.05, 0.1) is 25.5 Å². The minimum absolute atomic E-state index is 0.00219. The van der Waals surface area contributed by atoms with Crippen molar-refractivity contribution in [3.63, 3.8) is 0 Å². The first kappa shape index (κ1) is 23.3. The first-order valence-electron chi connectivity index (χ1n) is 11.5. The van der Waals surface area contributed by atoms with Crippen molar-refractivity contribution in [1.82, 2.24) is 25.3 Å². The average Bonchev–Trinajstić information content (AvgIpc) is 3.63. The number of rotatable bonds is 11. The molecule has 1 aliphatic carbocycles. The third-order valence-electron chi connectivity index (χ3n) is 6.62. The lowest BCUT2D eigenvalue weighted by Crippen LogP contribution is -2.51. The summed E-state index contributed by atoms with van der Waals surface area (Å²) in [6.45, 7) is 2.55. The zero-order valence-corrected chi connectivity index (χ0v) is 19.4. The first-order valence-corrected chi connectivity index (χ1v) is 11.5. The number of nitrogens with one attached hydrogen (secondary N) is 2. The Hall–Kier alpha value is -2.88. The van der Waals surface area contributed by atoms with Gasteiger partial charge in [0, 0.05) is 37.4 Å². The smallest absolute Gasteiger partial charge is 0.151 e. The Bertz CT molecular complexity index is 948. The Balaban J connectivity index is 1.39. The molecule has 1 saturated carbocycles. The second-order valence-electron chi connectivity index (χ2n) is 9.01. The number of aldehydes is 2. The number of anilines is 3. The summed E-state index contributed by atoms with van der Waals surface area (Å²) in [6.07, 6.45) is 9.65. The van der Waals surface area contributed by atoms with Gasteiger partial charge in [-0.2, -0.15) is 0 Å². The van der Waals surface area contributed by atoms with E-state index in [9.17, 15) is 9.59 Å². The molecule has 0 bridgehead atoms. The lowest BCUT2D eigenvalue weighted by Gasteiger charge is -2.35. The lowest BCUT2D eigenvalue weighted by atomic mass is 10.0. The number of likely N-dealkylation sites (N-methyl/N-ethyl adjacent to an activating group) is 2. The number of hydrogen-bond acceptors (Lipinski definition) is 9. The molecule has 0 unspecified atom stereocenters. The third-order valence-corrected chi connectivity index (χ3v) is 6.62. The van der Waals surface area contributed by atoms with Gasteiger partial charge in [-0.15, -0.1) is 0 Å². The Morgan fingerprint density at radius 2 is 1.88 bits per heavy atom.